The van der Waals surface area contributed by atoms with Crippen LogP contribution in [0.25, 0.3) is 10.9 Å². The molecule has 2 aromatic carbocycles. The average molecular weight is 460 g/mol. The van der Waals surface area contributed by atoms with Gasteiger partial charge in [-0.05, 0) is 74.1 Å². The topological polar surface area (TPSA) is 63.2 Å². The van der Waals surface area contributed by atoms with Crippen molar-refractivity contribution < 1.29 is 9.53 Å². The Kier molecular flexibility index (Phi) is 7.76. The lowest BCUT2D eigenvalue weighted by atomic mass is 9.89. The third-order valence-corrected chi connectivity index (χ3v) is 6.02. The van der Waals surface area contributed by atoms with Crippen LogP contribution in [-0.4, -0.2) is 23.0 Å². The SMILES string of the molecule is Cl.Cl.O=C(CC1CC2CCC(C1)N2)Nc1ccc(Oc2ccnc3ccccc23)cc1. The van der Waals surface area contributed by atoms with Gasteiger partial charge in [0, 0.05) is 35.8 Å². The second-order valence-electron chi connectivity index (χ2n) is 8.18. The largest absolute Gasteiger partial charge is 0.457 e. The fourth-order valence-electron chi connectivity index (χ4n) is 4.71. The second-order valence-corrected chi connectivity index (χ2v) is 8.18. The molecule has 0 radical (unpaired) electrons. The minimum atomic E-state index is 0. The molecule has 2 bridgehead atoms. The third kappa shape index (κ3) is 5.48. The molecule has 0 saturated carbocycles. The van der Waals surface area contributed by atoms with E-state index in [2.05, 4.69) is 15.6 Å². The van der Waals surface area contributed by atoms with Gasteiger partial charge < -0.3 is 15.4 Å². The predicted molar refractivity (Wildman–Crippen MR) is 129 cm³/mol. The van der Waals surface area contributed by atoms with Crippen LogP contribution in [0.5, 0.6) is 11.5 Å². The van der Waals surface area contributed by atoms with Crippen LogP contribution in [0.3, 0.4) is 0 Å². The lowest BCUT2D eigenvalue weighted by Crippen LogP contribution is -2.39. The standard InChI is InChI=1S/C24H25N3O2.2ClH/c28-24(15-16-13-18-5-6-19(14-16)26-18)27-17-7-9-20(10-8-17)29-23-11-12-25-22-4-2-1-3-21(22)23;;/h1-4,7-12,16,18-19,26H,5-6,13-15H2,(H,27,28);2*1H. The van der Waals surface area contributed by atoms with Crippen molar-refractivity contribution in [1.82, 2.24) is 10.3 Å². The molecule has 1 aromatic heterocycles. The van der Waals surface area contributed by atoms with Gasteiger partial charge in [0.25, 0.3) is 0 Å². The monoisotopic (exact) mass is 459 g/mol. The quantitative estimate of drug-likeness (QED) is 0.511. The Balaban J connectivity index is 0.00000136. The second kappa shape index (κ2) is 10.3. The van der Waals surface area contributed by atoms with Crippen molar-refractivity contribution in [3.05, 3.63) is 60.8 Å². The van der Waals surface area contributed by atoms with Gasteiger partial charge in [-0.15, -0.1) is 24.8 Å². The summed E-state index contributed by atoms with van der Waals surface area (Å²) < 4.78 is 6.04. The van der Waals surface area contributed by atoms with E-state index in [1.54, 1.807) is 6.20 Å². The number of fused-ring (bicyclic) bond motifs is 3. The summed E-state index contributed by atoms with van der Waals surface area (Å²) in [5.74, 6) is 2.10. The molecule has 2 fully saturated rings. The maximum atomic E-state index is 12.5. The molecular weight excluding hydrogens is 433 g/mol. The summed E-state index contributed by atoms with van der Waals surface area (Å²) in [5.41, 5.74) is 1.71. The molecule has 2 unspecified atom stereocenters. The molecule has 3 aromatic rings. The number of carbonyl (C=O) groups excluding carboxylic acids is 1. The highest BCUT2D eigenvalue weighted by molar-refractivity contribution is 5.91. The van der Waals surface area contributed by atoms with Crippen molar-refractivity contribution in [3.8, 4) is 11.5 Å². The van der Waals surface area contributed by atoms with Crippen LogP contribution >= 0.6 is 24.8 Å². The summed E-state index contributed by atoms with van der Waals surface area (Å²) in [4.78, 5) is 16.8. The fraction of sp³-hybridized carbons (Fsp3) is 0.333. The number of carbonyl (C=O) groups is 1. The van der Waals surface area contributed by atoms with Gasteiger partial charge in [-0.3, -0.25) is 9.78 Å². The van der Waals surface area contributed by atoms with Gasteiger partial charge in [0.2, 0.25) is 5.91 Å². The first-order valence-corrected chi connectivity index (χ1v) is 10.4. The molecule has 1 amide bonds. The fourth-order valence-corrected chi connectivity index (χ4v) is 4.71. The number of nitrogens with one attached hydrogen (secondary N) is 2. The van der Waals surface area contributed by atoms with E-state index < -0.39 is 0 Å². The highest BCUT2D eigenvalue weighted by Crippen LogP contribution is 2.33. The molecule has 5 rings (SSSR count). The number of amides is 1. The Hall–Kier alpha value is -2.34. The van der Waals surface area contributed by atoms with Gasteiger partial charge in [-0.25, -0.2) is 0 Å². The molecule has 2 saturated heterocycles. The summed E-state index contributed by atoms with van der Waals surface area (Å²) >= 11 is 0. The van der Waals surface area contributed by atoms with Gasteiger partial charge in [0.1, 0.15) is 11.5 Å². The Morgan fingerprint density at radius 1 is 1.00 bits per heavy atom. The van der Waals surface area contributed by atoms with E-state index in [1.165, 1.54) is 12.8 Å². The maximum absolute atomic E-state index is 12.5. The highest BCUT2D eigenvalue weighted by atomic mass is 35.5. The molecule has 0 spiro atoms. The number of piperidine rings is 1. The zero-order valence-corrected chi connectivity index (χ0v) is 18.8. The number of nitrogens with zero attached hydrogens (tertiary/aromatic N) is 1. The molecule has 0 aliphatic carbocycles. The number of rotatable bonds is 5. The molecule has 2 aliphatic heterocycles. The van der Waals surface area contributed by atoms with Gasteiger partial charge in [0.05, 0.1) is 5.52 Å². The number of ether oxygens (including phenoxy) is 1. The summed E-state index contributed by atoms with van der Waals surface area (Å²) in [6, 6.07) is 18.6. The highest BCUT2D eigenvalue weighted by Gasteiger charge is 2.34. The molecule has 7 heteroatoms. The van der Waals surface area contributed by atoms with E-state index in [0.717, 1.165) is 40.9 Å². The van der Waals surface area contributed by atoms with E-state index in [-0.39, 0.29) is 30.7 Å². The van der Waals surface area contributed by atoms with Crippen LogP contribution in [0, 0.1) is 5.92 Å². The lowest BCUT2D eigenvalue weighted by molar-refractivity contribution is -0.117. The molecule has 2 N–H and O–H groups in total. The number of halogens is 2. The molecule has 2 atom stereocenters. The van der Waals surface area contributed by atoms with Crippen molar-refractivity contribution >= 4 is 47.3 Å². The molecule has 3 heterocycles. The van der Waals surface area contributed by atoms with E-state index in [1.807, 2.05) is 54.6 Å². The molecule has 164 valence electrons. The zero-order chi connectivity index (χ0) is 19.6. The molecule has 5 nitrogen and oxygen atoms in total. The first-order valence-electron chi connectivity index (χ1n) is 10.4. The van der Waals surface area contributed by atoms with Crippen LogP contribution in [0.2, 0.25) is 0 Å². The van der Waals surface area contributed by atoms with Crippen molar-refractivity contribution in [3.63, 3.8) is 0 Å². The lowest BCUT2D eigenvalue weighted by Gasteiger charge is -2.28. The minimum absolute atomic E-state index is 0. The molecular formula is C24H27Cl2N3O2. The Morgan fingerprint density at radius 2 is 1.71 bits per heavy atom. The van der Waals surface area contributed by atoms with E-state index in [4.69, 9.17) is 4.74 Å². The zero-order valence-electron chi connectivity index (χ0n) is 17.1. The Morgan fingerprint density at radius 3 is 2.45 bits per heavy atom. The van der Waals surface area contributed by atoms with Crippen molar-refractivity contribution in [2.45, 2.75) is 44.2 Å². The van der Waals surface area contributed by atoms with Gasteiger partial charge in [-0.2, -0.15) is 0 Å². The number of hydrogen-bond donors (Lipinski definition) is 2. The number of hydrogen-bond acceptors (Lipinski definition) is 4. The molecule has 2 aliphatic rings. The van der Waals surface area contributed by atoms with Crippen LogP contribution in [0.15, 0.2) is 60.8 Å². The number of anilines is 1. The Labute approximate surface area is 194 Å². The molecule has 31 heavy (non-hydrogen) atoms. The van der Waals surface area contributed by atoms with Gasteiger partial charge >= 0.3 is 0 Å². The number of pyridine rings is 1. The van der Waals surface area contributed by atoms with Crippen LogP contribution in [0.1, 0.15) is 32.1 Å². The predicted octanol–water partition coefficient (Wildman–Crippen LogP) is 5.73. The normalized spacial score (nSPS) is 21.6. The number of aromatic nitrogens is 1. The van der Waals surface area contributed by atoms with Gasteiger partial charge in [0.15, 0.2) is 0 Å². The summed E-state index contributed by atoms with van der Waals surface area (Å²) in [6.45, 7) is 0. The summed E-state index contributed by atoms with van der Waals surface area (Å²) in [7, 11) is 0. The van der Waals surface area contributed by atoms with E-state index >= 15 is 0 Å². The van der Waals surface area contributed by atoms with Crippen LogP contribution < -0.4 is 15.4 Å². The number of para-hydroxylation sites is 1. The maximum Gasteiger partial charge on any atom is 0.224 e. The Bertz CT molecular complexity index is 1010. The first-order chi connectivity index (χ1) is 14.2. The van der Waals surface area contributed by atoms with Crippen LogP contribution in [0.4, 0.5) is 5.69 Å². The van der Waals surface area contributed by atoms with Crippen LogP contribution in [-0.2, 0) is 4.79 Å². The smallest absolute Gasteiger partial charge is 0.224 e. The van der Waals surface area contributed by atoms with Crippen molar-refractivity contribution in [2.75, 3.05) is 5.32 Å². The average Bonchev–Trinajstić information content (AvgIpc) is 3.08. The summed E-state index contributed by atoms with van der Waals surface area (Å²) in [5, 5.41) is 7.64. The first kappa shape index (κ1) is 23.3. The third-order valence-electron chi connectivity index (χ3n) is 6.02. The summed E-state index contributed by atoms with van der Waals surface area (Å²) in [6.07, 6.45) is 7.12. The van der Waals surface area contributed by atoms with Crippen molar-refractivity contribution in [2.24, 2.45) is 5.92 Å². The minimum Gasteiger partial charge on any atom is -0.457 e. The van der Waals surface area contributed by atoms with Crippen molar-refractivity contribution in [1.29, 1.82) is 0 Å². The number of benzene rings is 2. The van der Waals surface area contributed by atoms with E-state index in [9.17, 15) is 4.79 Å². The van der Waals surface area contributed by atoms with Gasteiger partial charge in [-0.1, -0.05) is 12.1 Å². The van der Waals surface area contributed by atoms with E-state index in [0.29, 0.717) is 24.4 Å².